The molecule has 1 aliphatic rings. The van der Waals surface area contributed by atoms with Crippen molar-refractivity contribution in [3.63, 3.8) is 0 Å². The van der Waals surface area contributed by atoms with Crippen molar-refractivity contribution < 1.29 is 0 Å². The van der Waals surface area contributed by atoms with Crippen LogP contribution in [0.4, 0.5) is 0 Å². The van der Waals surface area contributed by atoms with Crippen LogP contribution in [0.2, 0.25) is 0 Å². The van der Waals surface area contributed by atoms with Crippen molar-refractivity contribution in [2.45, 2.75) is 50.6 Å². The minimum absolute atomic E-state index is 0.115. The standard InChI is InChI=1S/C17H21ClN2S/c1-17(2,3)14-10-21-15(20-14)9-19-16-12-7-5-4-6-11(12)8-13(16)18/h4-7,10,13,16,19H,8-9H2,1-3H3. The number of aromatic nitrogens is 1. The maximum atomic E-state index is 6.51. The first-order chi connectivity index (χ1) is 9.95. The van der Waals surface area contributed by atoms with Crippen molar-refractivity contribution >= 4 is 22.9 Å². The van der Waals surface area contributed by atoms with Crippen LogP contribution in [0.1, 0.15) is 48.6 Å². The van der Waals surface area contributed by atoms with Crippen molar-refractivity contribution in [1.29, 1.82) is 0 Å². The Labute approximate surface area is 135 Å². The van der Waals surface area contributed by atoms with Crippen LogP contribution in [0.15, 0.2) is 29.6 Å². The van der Waals surface area contributed by atoms with Crippen molar-refractivity contribution in [3.8, 4) is 0 Å². The van der Waals surface area contributed by atoms with Gasteiger partial charge in [-0.3, -0.25) is 0 Å². The van der Waals surface area contributed by atoms with Gasteiger partial charge in [0, 0.05) is 23.4 Å². The van der Waals surface area contributed by atoms with Gasteiger partial charge in [0.1, 0.15) is 5.01 Å². The summed E-state index contributed by atoms with van der Waals surface area (Å²) in [6.07, 6.45) is 0.945. The van der Waals surface area contributed by atoms with Crippen molar-refractivity contribution in [3.05, 3.63) is 51.5 Å². The summed E-state index contributed by atoms with van der Waals surface area (Å²) < 4.78 is 0. The minimum atomic E-state index is 0.115. The fourth-order valence-electron chi connectivity index (χ4n) is 2.72. The highest BCUT2D eigenvalue weighted by Crippen LogP contribution is 2.35. The van der Waals surface area contributed by atoms with Gasteiger partial charge in [-0.05, 0) is 17.5 Å². The largest absolute Gasteiger partial charge is 0.302 e. The number of hydrogen-bond acceptors (Lipinski definition) is 3. The van der Waals surface area contributed by atoms with Crippen LogP contribution in [-0.4, -0.2) is 10.4 Å². The first-order valence-electron chi connectivity index (χ1n) is 7.35. The molecule has 0 aliphatic heterocycles. The molecule has 2 atom stereocenters. The number of hydrogen-bond donors (Lipinski definition) is 1. The highest BCUT2D eigenvalue weighted by atomic mass is 35.5. The summed E-state index contributed by atoms with van der Waals surface area (Å²) in [5.41, 5.74) is 3.98. The molecule has 112 valence electrons. The lowest BCUT2D eigenvalue weighted by atomic mass is 9.93. The number of halogens is 1. The van der Waals surface area contributed by atoms with Gasteiger partial charge in [-0.2, -0.15) is 0 Å². The van der Waals surface area contributed by atoms with Crippen LogP contribution in [0.3, 0.4) is 0 Å². The number of nitrogens with zero attached hydrogens (tertiary/aromatic N) is 1. The van der Waals surface area contributed by atoms with E-state index in [-0.39, 0.29) is 16.8 Å². The van der Waals surface area contributed by atoms with Crippen LogP contribution < -0.4 is 5.32 Å². The van der Waals surface area contributed by atoms with Crippen LogP contribution in [0.25, 0.3) is 0 Å². The molecule has 1 aromatic heterocycles. The van der Waals surface area contributed by atoms with Gasteiger partial charge in [0.2, 0.25) is 0 Å². The Kier molecular flexibility index (Phi) is 4.08. The summed E-state index contributed by atoms with van der Waals surface area (Å²) in [5, 5.41) is 7.01. The Balaban J connectivity index is 1.69. The van der Waals surface area contributed by atoms with E-state index in [0.717, 1.165) is 18.0 Å². The Morgan fingerprint density at radius 3 is 2.81 bits per heavy atom. The lowest BCUT2D eigenvalue weighted by Gasteiger charge is -2.17. The predicted molar refractivity (Wildman–Crippen MR) is 90.2 cm³/mol. The fraction of sp³-hybridized carbons (Fsp3) is 0.471. The third-order valence-corrected chi connectivity index (χ3v) is 5.22. The fourth-order valence-corrected chi connectivity index (χ4v) is 4.08. The van der Waals surface area contributed by atoms with Crippen LogP contribution >= 0.6 is 22.9 Å². The van der Waals surface area contributed by atoms with Crippen LogP contribution in [0.5, 0.6) is 0 Å². The molecule has 4 heteroatoms. The number of nitrogens with one attached hydrogen (secondary N) is 1. The van der Waals surface area contributed by atoms with E-state index in [1.54, 1.807) is 11.3 Å². The zero-order valence-corrected chi connectivity index (χ0v) is 14.3. The number of rotatable bonds is 3. The Bertz CT molecular complexity index is 630. The van der Waals surface area contributed by atoms with E-state index in [1.165, 1.54) is 16.8 Å². The summed E-state index contributed by atoms with van der Waals surface area (Å²) in [7, 11) is 0. The highest BCUT2D eigenvalue weighted by molar-refractivity contribution is 7.09. The van der Waals surface area contributed by atoms with E-state index in [9.17, 15) is 0 Å². The molecule has 2 unspecified atom stereocenters. The Morgan fingerprint density at radius 2 is 2.10 bits per heavy atom. The van der Waals surface area contributed by atoms with E-state index in [2.05, 4.69) is 55.7 Å². The number of thiazole rings is 1. The number of alkyl halides is 1. The molecule has 0 amide bonds. The molecule has 0 saturated heterocycles. The first kappa shape index (κ1) is 15.0. The SMILES string of the molecule is CC(C)(C)c1csc(CNC2c3ccccc3CC2Cl)n1. The van der Waals surface area contributed by atoms with Gasteiger partial charge in [0.05, 0.1) is 11.1 Å². The molecular weight excluding hydrogens is 300 g/mol. The maximum Gasteiger partial charge on any atom is 0.107 e. The summed E-state index contributed by atoms with van der Waals surface area (Å²) in [6.45, 7) is 7.37. The van der Waals surface area contributed by atoms with Crippen molar-refractivity contribution in [2.24, 2.45) is 0 Å². The molecule has 1 heterocycles. The molecule has 1 aliphatic carbocycles. The zero-order chi connectivity index (χ0) is 15.0. The Hall–Kier alpha value is -0.900. The monoisotopic (exact) mass is 320 g/mol. The molecule has 1 N–H and O–H groups in total. The summed E-state index contributed by atoms with van der Waals surface area (Å²) in [4.78, 5) is 4.74. The average Bonchev–Trinajstić information content (AvgIpc) is 3.00. The molecule has 2 nitrogen and oxygen atoms in total. The second-order valence-electron chi connectivity index (χ2n) is 6.65. The lowest BCUT2D eigenvalue weighted by Crippen LogP contribution is -2.25. The van der Waals surface area contributed by atoms with Crippen LogP contribution in [0, 0.1) is 0 Å². The van der Waals surface area contributed by atoms with E-state index < -0.39 is 0 Å². The van der Waals surface area contributed by atoms with Gasteiger partial charge >= 0.3 is 0 Å². The molecule has 0 fully saturated rings. The number of benzene rings is 1. The minimum Gasteiger partial charge on any atom is -0.302 e. The molecule has 2 aromatic rings. The third kappa shape index (κ3) is 3.15. The van der Waals surface area contributed by atoms with E-state index in [4.69, 9.17) is 16.6 Å². The molecule has 0 spiro atoms. The average molecular weight is 321 g/mol. The quantitative estimate of drug-likeness (QED) is 0.846. The summed E-state index contributed by atoms with van der Waals surface area (Å²) in [6, 6.07) is 8.75. The molecule has 0 saturated carbocycles. The summed E-state index contributed by atoms with van der Waals surface area (Å²) in [5.74, 6) is 0. The first-order valence-corrected chi connectivity index (χ1v) is 8.67. The van der Waals surface area contributed by atoms with Gasteiger partial charge in [0.15, 0.2) is 0 Å². The van der Waals surface area contributed by atoms with E-state index >= 15 is 0 Å². The predicted octanol–water partition coefficient (Wildman–Crippen LogP) is 4.44. The second-order valence-corrected chi connectivity index (χ2v) is 8.16. The molecule has 1 aromatic carbocycles. The maximum absolute atomic E-state index is 6.51. The van der Waals surface area contributed by atoms with E-state index in [1.807, 2.05) is 0 Å². The third-order valence-electron chi connectivity index (χ3n) is 3.96. The molecule has 21 heavy (non-hydrogen) atoms. The topological polar surface area (TPSA) is 24.9 Å². The van der Waals surface area contributed by atoms with Gasteiger partial charge in [-0.1, -0.05) is 45.0 Å². The van der Waals surface area contributed by atoms with E-state index in [0.29, 0.717) is 0 Å². The zero-order valence-electron chi connectivity index (χ0n) is 12.7. The molecular formula is C17H21ClN2S. The number of fused-ring (bicyclic) bond motifs is 1. The van der Waals surface area contributed by atoms with Gasteiger partial charge in [-0.25, -0.2) is 4.98 Å². The van der Waals surface area contributed by atoms with Crippen molar-refractivity contribution in [1.82, 2.24) is 10.3 Å². The highest BCUT2D eigenvalue weighted by Gasteiger charge is 2.30. The normalized spacial score (nSPS) is 21.5. The van der Waals surface area contributed by atoms with Crippen LogP contribution in [-0.2, 0) is 18.4 Å². The molecule has 0 bridgehead atoms. The Morgan fingerprint density at radius 1 is 1.33 bits per heavy atom. The molecule has 3 rings (SSSR count). The smallest absolute Gasteiger partial charge is 0.107 e. The van der Waals surface area contributed by atoms with Gasteiger partial charge in [0.25, 0.3) is 0 Å². The summed E-state index contributed by atoms with van der Waals surface area (Å²) >= 11 is 8.23. The van der Waals surface area contributed by atoms with Crippen molar-refractivity contribution in [2.75, 3.05) is 0 Å². The molecule has 0 radical (unpaired) electrons. The lowest BCUT2D eigenvalue weighted by molar-refractivity contribution is 0.529. The van der Waals surface area contributed by atoms with Gasteiger partial charge in [-0.15, -0.1) is 22.9 Å². The van der Waals surface area contributed by atoms with Gasteiger partial charge < -0.3 is 5.32 Å². The second kappa shape index (κ2) is 5.71.